The Hall–Kier alpha value is -5.55. The number of aromatic nitrogens is 3. The van der Waals surface area contributed by atoms with Crippen molar-refractivity contribution in [1.82, 2.24) is 14.8 Å². The Labute approximate surface area is 301 Å². The van der Waals surface area contributed by atoms with Crippen LogP contribution in [0.5, 0.6) is 34.5 Å². The Balaban J connectivity index is 1.02. The first-order chi connectivity index (χ1) is 24.9. The Kier molecular flexibility index (Phi) is 11.4. The molecule has 264 valence electrons. The summed E-state index contributed by atoms with van der Waals surface area (Å²) in [6.07, 6.45) is 3.84. The molecule has 0 spiro atoms. The van der Waals surface area contributed by atoms with Gasteiger partial charge in [-0.2, -0.15) is 9.78 Å². The number of ether oxygens (including phenoxy) is 6. The van der Waals surface area contributed by atoms with Crippen molar-refractivity contribution in [1.29, 1.82) is 0 Å². The van der Waals surface area contributed by atoms with E-state index in [0.29, 0.717) is 58.9 Å². The van der Waals surface area contributed by atoms with Crippen molar-refractivity contribution in [2.45, 2.75) is 32.6 Å². The predicted molar refractivity (Wildman–Crippen MR) is 200 cm³/mol. The van der Waals surface area contributed by atoms with Crippen LogP contribution < -0.4 is 28.4 Å². The summed E-state index contributed by atoms with van der Waals surface area (Å²) in [6, 6.07) is 27.4. The molecule has 6 aromatic rings. The first-order valence-electron chi connectivity index (χ1n) is 16.7. The summed E-state index contributed by atoms with van der Waals surface area (Å²) < 4.78 is 36.8. The van der Waals surface area contributed by atoms with Crippen LogP contribution in [-0.2, 0) is 0 Å². The highest BCUT2D eigenvalue weighted by atomic mass is 32.1. The van der Waals surface area contributed by atoms with E-state index >= 15 is 0 Å². The monoisotopic (exact) mass is 707 g/mol. The van der Waals surface area contributed by atoms with Gasteiger partial charge < -0.3 is 28.4 Å². The van der Waals surface area contributed by atoms with Gasteiger partial charge in [-0.3, -0.25) is 4.79 Å². The smallest absolute Gasteiger partial charge is 0.244 e. The number of hydrogen-bond acceptors (Lipinski definition) is 10. The van der Waals surface area contributed by atoms with Crippen molar-refractivity contribution >= 4 is 27.5 Å². The molecule has 11 heteroatoms. The van der Waals surface area contributed by atoms with Gasteiger partial charge in [0, 0.05) is 23.6 Å². The molecular formula is C40H41N3O7S. The Bertz CT molecular complexity index is 2050. The second-order valence-corrected chi connectivity index (χ2v) is 12.8. The zero-order valence-electron chi connectivity index (χ0n) is 29.4. The molecule has 0 radical (unpaired) electrons. The minimum atomic E-state index is -0.229. The van der Waals surface area contributed by atoms with Gasteiger partial charge in [-0.15, -0.1) is 11.3 Å². The van der Waals surface area contributed by atoms with Crippen molar-refractivity contribution in [3.8, 4) is 67.6 Å². The van der Waals surface area contributed by atoms with E-state index in [2.05, 4.69) is 23.3 Å². The molecule has 0 saturated heterocycles. The molecule has 4 aromatic carbocycles. The number of thiazole rings is 1. The lowest BCUT2D eigenvalue weighted by Crippen LogP contribution is -2.09. The van der Waals surface area contributed by atoms with E-state index in [-0.39, 0.29) is 5.91 Å². The molecule has 0 unspecified atom stereocenters. The van der Waals surface area contributed by atoms with Crippen molar-refractivity contribution in [2.75, 3.05) is 41.7 Å². The first-order valence-corrected chi connectivity index (χ1v) is 17.6. The summed E-state index contributed by atoms with van der Waals surface area (Å²) in [6.45, 7) is 2.65. The van der Waals surface area contributed by atoms with Crippen LogP contribution in [0.4, 0.5) is 0 Å². The molecule has 6 rings (SSSR count). The third-order valence-electron chi connectivity index (χ3n) is 8.39. The summed E-state index contributed by atoms with van der Waals surface area (Å²) in [7, 11) is 6.27. The number of nitrogens with zero attached hydrogens (tertiary/aromatic N) is 3. The molecule has 0 saturated carbocycles. The van der Waals surface area contributed by atoms with E-state index in [1.54, 1.807) is 51.9 Å². The fourth-order valence-corrected chi connectivity index (χ4v) is 6.74. The molecule has 0 amide bonds. The third-order valence-corrected chi connectivity index (χ3v) is 9.47. The number of benzene rings is 4. The maximum absolute atomic E-state index is 12.7. The van der Waals surface area contributed by atoms with Crippen LogP contribution in [0.25, 0.3) is 43.3 Å². The number of rotatable bonds is 16. The Morgan fingerprint density at radius 1 is 0.667 bits per heavy atom. The largest absolute Gasteiger partial charge is 0.494 e. The van der Waals surface area contributed by atoms with E-state index in [0.717, 1.165) is 53.1 Å². The number of carbonyl (C=O) groups is 1. The topological polar surface area (TPSA) is 103 Å². The van der Waals surface area contributed by atoms with Crippen molar-refractivity contribution in [3.63, 3.8) is 0 Å². The number of para-hydroxylation sites is 1. The van der Waals surface area contributed by atoms with Gasteiger partial charge in [0.25, 0.3) is 0 Å². The first kappa shape index (κ1) is 35.3. The Morgan fingerprint density at radius 2 is 1.31 bits per heavy atom. The summed E-state index contributed by atoms with van der Waals surface area (Å²) in [5.74, 6) is 3.29. The Morgan fingerprint density at radius 3 is 1.96 bits per heavy atom. The minimum Gasteiger partial charge on any atom is -0.494 e. The zero-order valence-corrected chi connectivity index (χ0v) is 30.2. The van der Waals surface area contributed by atoms with E-state index in [1.165, 1.54) is 16.3 Å². The molecule has 0 aliphatic rings. The summed E-state index contributed by atoms with van der Waals surface area (Å²) in [4.78, 5) is 17.4. The molecule has 0 atom stereocenters. The normalized spacial score (nSPS) is 11.0. The SMILES string of the molecule is COc1ccc(-c2cc(-c3cc(OC)c(OC)c(OC)c3)nn2C(C)=O)cc1OCCCCCCOc1ccc(-c2nc3ccccc3s2)cc1. The van der Waals surface area contributed by atoms with Gasteiger partial charge in [0.05, 0.1) is 63.3 Å². The van der Waals surface area contributed by atoms with Gasteiger partial charge in [-0.05, 0) is 98.5 Å². The lowest BCUT2D eigenvalue weighted by Gasteiger charge is -2.13. The minimum absolute atomic E-state index is 0.229. The summed E-state index contributed by atoms with van der Waals surface area (Å²) in [5.41, 5.74) is 4.78. The summed E-state index contributed by atoms with van der Waals surface area (Å²) in [5, 5.41) is 5.63. The molecule has 0 fully saturated rings. The maximum Gasteiger partial charge on any atom is 0.244 e. The molecule has 51 heavy (non-hydrogen) atoms. The molecule has 0 bridgehead atoms. The standard InChI is InChI=1S/C40H41N3O7S/c1-26(44)43-33(25-32(42-43)29-23-36(46-3)39(48-5)37(24-29)47-4)28-16-19-34(45-2)35(22-28)50-21-11-7-6-10-20-49-30-17-14-27(15-18-30)40-41-31-12-8-9-13-38(31)51-40/h8-9,12-19,22-25H,6-7,10-11,20-21H2,1-5H3. The fourth-order valence-electron chi connectivity index (χ4n) is 5.76. The van der Waals surface area contributed by atoms with Gasteiger partial charge in [0.1, 0.15) is 10.8 Å². The number of unbranched alkanes of at least 4 members (excludes halogenated alkanes) is 3. The quantitative estimate of drug-likeness (QED) is 0.0911. The average molecular weight is 708 g/mol. The van der Waals surface area contributed by atoms with Gasteiger partial charge >= 0.3 is 0 Å². The molecule has 2 aromatic heterocycles. The van der Waals surface area contributed by atoms with Gasteiger partial charge in [-0.1, -0.05) is 12.1 Å². The number of fused-ring (bicyclic) bond motifs is 1. The van der Waals surface area contributed by atoms with Gasteiger partial charge in [0.15, 0.2) is 23.0 Å². The van der Waals surface area contributed by atoms with Crippen LogP contribution in [0.2, 0.25) is 0 Å². The molecule has 2 heterocycles. The van der Waals surface area contributed by atoms with E-state index in [9.17, 15) is 4.79 Å². The summed E-state index contributed by atoms with van der Waals surface area (Å²) >= 11 is 1.70. The molecule has 0 aliphatic carbocycles. The third kappa shape index (κ3) is 8.10. The average Bonchev–Trinajstić information content (AvgIpc) is 3.81. The van der Waals surface area contributed by atoms with Crippen molar-refractivity contribution in [2.24, 2.45) is 0 Å². The molecule has 0 aliphatic heterocycles. The second kappa shape index (κ2) is 16.4. The van der Waals surface area contributed by atoms with Crippen LogP contribution in [0.1, 0.15) is 37.4 Å². The van der Waals surface area contributed by atoms with Crippen molar-refractivity contribution < 1.29 is 33.2 Å². The second-order valence-electron chi connectivity index (χ2n) is 11.7. The van der Waals surface area contributed by atoms with Crippen LogP contribution in [-0.4, -0.2) is 62.3 Å². The molecule has 0 N–H and O–H groups in total. The lowest BCUT2D eigenvalue weighted by molar-refractivity contribution is 0.0923. The number of hydrogen-bond donors (Lipinski definition) is 0. The fraction of sp³-hybridized carbons (Fsp3) is 0.275. The number of methoxy groups -OCH3 is 4. The predicted octanol–water partition coefficient (Wildman–Crippen LogP) is 9.21. The van der Waals surface area contributed by atoms with Crippen molar-refractivity contribution in [3.05, 3.63) is 84.9 Å². The highest BCUT2D eigenvalue weighted by Gasteiger charge is 2.20. The maximum atomic E-state index is 12.7. The highest BCUT2D eigenvalue weighted by Crippen LogP contribution is 2.42. The van der Waals surface area contributed by atoms with E-state index in [1.807, 2.05) is 54.6 Å². The van der Waals surface area contributed by atoms with E-state index < -0.39 is 0 Å². The zero-order chi connectivity index (χ0) is 35.7. The van der Waals surface area contributed by atoms with Crippen LogP contribution in [0.3, 0.4) is 0 Å². The molecule has 10 nitrogen and oxygen atoms in total. The van der Waals surface area contributed by atoms with Gasteiger partial charge in [-0.25, -0.2) is 4.98 Å². The lowest BCUT2D eigenvalue weighted by atomic mass is 10.1. The van der Waals surface area contributed by atoms with Gasteiger partial charge in [0.2, 0.25) is 11.7 Å². The van der Waals surface area contributed by atoms with Crippen LogP contribution >= 0.6 is 11.3 Å². The van der Waals surface area contributed by atoms with Crippen LogP contribution in [0.15, 0.2) is 84.9 Å². The molecular weight excluding hydrogens is 667 g/mol. The highest BCUT2D eigenvalue weighted by molar-refractivity contribution is 7.21. The van der Waals surface area contributed by atoms with Crippen LogP contribution in [0, 0.1) is 0 Å². The van der Waals surface area contributed by atoms with E-state index in [4.69, 9.17) is 33.4 Å². The number of carbonyl (C=O) groups excluding carboxylic acids is 1.